The molecule has 0 saturated heterocycles. The van der Waals surface area contributed by atoms with Crippen molar-refractivity contribution in [2.75, 3.05) is 5.32 Å². The Kier molecular flexibility index (Phi) is 6.18. The van der Waals surface area contributed by atoms with Gasteiger partial charge in [-0.1, -0.05) is 41.7 Å². The molecule has 0 aliphatic heterocycles. The van der Waals surface area contributed by atoms with Gasteiger partial charge in [0.2, 0.25) is 0 Å². The third-order valence-corrected chi connectivity index (χ3v) is 5.01. The predicted octanol–water partition coefficient (Wildman–Crippen LogP) is 4.87. The summed E-state index contributed by atoms with van der Waals surface area (Å²) in [7, 11) is 0. The molecule has 3 rings (SSSR count). The fourth-order valence-corrected chi connectivity index (χ4v) is 3.57. The Balaban J connectivity index is 1.56. The number of carbonyl (C=O) groups is 2. The van der Waals surface area contributed by atoms with Crippen LogP contribution >= 0.6 is 11.3 Å². The number of benzene rings is 1. The number of carbonyl (C=O) groups excluding carboxylic acids is 2. The van der Waals surface area contributed by atoms with Gasteiger partial charge in [0, 0.05) is 11.1 Å². The molecule has 1 unspecified atom stereocenters. The number of amides is 2. The van der Waals surface area contributed by atoms with Crippen molar-refractivity contribution < 1.29 is 19.1 Å². The molecule has 1 aliphatic carbocycles. The van der Waals surface area contributed by atoms with Crippen LogP contribution in [0.5, 0.6) is 0 Å². The zero-order chi connectivity index (χ0) is 20.1. The topological polar surface area (TPSA) is 89.5 Å². The fourth-order valence-electron chi connectivity index (χ4n) is 2.62. The van der Waals surface area contributed by atoms with Crippen molar-refractivity contribution in [2.24, 2.45) is 5.92 Å². The number of thiazole rings is 1. The second-order valence-corrected chi connectivity index (χ2v) is 8.78. The van der Waals surface area contributed by atoms with Crippen molar-refractivity contribution in [3.8, 4) is 0 Å². The van der Waals surface area contributed by atoms with E-state index >= 15 is 0 Å². The van der Waals surface area contributed by atoms with E-state index in [1.165, 1.54) is 11.3 Å². The van der Waals surface area contributed by atoms with Gasteiger partial charge in [0.1, 0.15) is 12.2 Å². The molecule has 2 N–H and O–H groups in total. The maximum absolute atomic E-state index is 12.2. The number of hydrogen-bond acceptors (Lipinski definition) is 6. The van der Waals surface area contributed by atoms with E-state index in [2.05, 4.69) is 15.6 Å². The molecule has 1 aromatic carbocycles. The second-order valence-electron chi connectivity index (χ2n) is 7.72. The summed E-state index contributed by atoms with van der Waals surface area (Å²) in [6, 6.07) is 9.36. The first-order valence-corrected chi connectivity index (χ1v) is 10.0. The van der Waals surface area contributed by atoms with Gasteiger partial charge in [-0.2, -0.15) is 0 Å². The van der Waals surface area contributed by atoms with E-state index in [-0.39, 0.29) is 12.6 Å². The van der Waals surface area contributed by atoms with Crippen molar-refractivity contribution >= 4 is 28.7 Å². The van der Waals surface area contributed by atoms with Gasteiger partial charge >= 0.3 is 12.2 Å². The maximum atomic E-state index is 12.2. The number of anilines is 1. The molecule has 150 valence electrons. The predicted molar refractivity (Wildman–Crippen MR) is 107 cm³/mol. The van der Waals surface area contributed by atoms with Gasteiger partial charge in [-0.3, -0.25) is 5.32 Å². The first-order chi connectivity index (χ1) is 13.3. The van der Waals surface area contributed by atoms with Crippen LogP contribution in [0.3, 0.4) is 0 Å². The molecule has 0 radical (unpaired) electrons. The van der Waals surface area contributed by atoms with Gasteiger partial charge in [-0.25, -0.2) is 14.6 Å². The molecule has 8 heteroatoms. The smallest absolute Gasteiger partial charge is 0.413 e. The van der Waals surface area contributed by atoms with Gasteiger partial charge in [0.15, 0.2) is 5.13 Å². The van der Waals surface area contributed by atoms with Gasteiger partial charge in [0.25, 0.3) is 0 Å². The summed E-state index contributed by atoms with van der Waals surface area (Å²) in [5, 5.41) is 6.01. The molecule has 0 bridgehead atoms. The highest BCUT2D eigenvalue weighted by Gasteiger charge is 2.35. The van der Waals surface area contributed by atoms with Crippen LogP contribution in [0.4, 0.5) is 14.7 Å². The lowest BCUT2D eigenvalue weighted by molar-refractivity contribution is 0.0636. The lowest BCUT2D eigenvalue weighted by atomic mass is 10.1. The van der Waals surface area contributed by atoms with Crippen LogP contribution in [0.1, 0.15) is 50.1 Å². The highest BCUT2D eigenvalue weighted by Crippen LogP contribution is 2.43. The molecule has 28 heavy (non-hydrogen) atoms. The molecule has 2 aromatic rings. The molecule has 1 aromatic heterocycles. The Morgan fingerprint density at radius 1 is 1.21 bits per heavy atom. The number of ether oxygens (including phenoxy) is 2. The largest absolute Gasteiger partial charge is 0.445 e. The minimum absolute atomic E-state index is 0.171. The Morgan fingerprint density at radius 3 is 2.57 bits per heavy atom. The van der Waals surface area contributed by atoms with Gasteiger partial charge < -0.3 is 14.8 Å². The summed E-state index contributed by atoms with van der Waals surface area (Å²) in [6.45, 7) is 5.62. The van der Waals surface area contributed by atoms with Crippen molar-refractivity contribution in [1.29, 1.82) is 0 Å². The lowest BCUT2D eigenvalue weighted by Gasteiger charge is -2.19. The van der Waals surface area contributed by atoms with E-state index in [0.29, 0.717) is 11.0 Å². The van der Waals surface area contributed by atoms with Crippen molar-refractivity contribution in [2.45, 2.75) is 51.9 Å². The Morgan fingerprint density at radius 2 is 1.93 bits per heavy atom. The van der Waals surface area contributed by atoms with Crippen molar-refractivity contribution in [1.82, 2.24) is 10.3 Å². The molecule has 1 fully saturated rings. The normalized spacial score (nSPS) is 14.8. The quantitative estimate of drug-likeness (QED) is 0.718. The molecule has 0 spiro atoms. The highest BCUT2D eigenvalue weighted by molar-refractivity contribution is 7.15. The standard InChI is InChI=1S/C20H25N3O4S/c1-20(2,3)27-19(25)23-17-21-11-15(28-17)16(14-9-10-14)22-18(24)26-12-13-7-5-4-6-8-13/h4-8,11,14,16H,9-10,12H2,1-3H3,(H,22,24)(H,21,23,25). The minimum Gasteiger partial charge on any atom is -0.445 e. The summed E-state index contributed by atoms with van der Waals surface area (Å²) in [4.78, 5) is 29.2. The third kappa shape index (κ3) is 6.23. The van der Waals surface area contributed by atoms with E-state index in [1.807, 2.05) is 30.3 Å². The number of nitrogens with zero attached hydrogens (tertiary/aromatic N) is 1. The number of nitrogens with one attached hydrogen (secondary N) is 2. The van der Waals surface area contributed by atoms with Crippen molar-refractivity contribution in [3.05, 3.63) is 47.0 Å². The van der Waals surface area contributed by atoms with Crippen molar-refractivity contribution in [3.63, 3.8) is 0 Å². The zero-order valence-corrected chi connectivity index (χ0v) is 17.0. The monoisotopic (exact) mass is 403 g/mol. The summed E-state index contributed by atoms with van der Waals surface area (Å²) >= 11 is 1.33. The van der Waals surface area contributed by atoms with E-state index in [1.54, 1.807) is 27.0 Å². The summed E-state index contributed by atoms with van der Waals surface area (Å²) < 4.78 is 10.6. The molecule has 7 nitrogen and oxygen atoms in total. The molecular formula is C20H25N3O4S. The van der Waals surface area contributed by atoms with Gasteiger partial charge in [-0.15, -0.1) is 0 Å². The average Bonchev–Trinajstić information content (AvgIpc) is 3.36. The first-order valence-electron chi connectivity index (χ1n) is 9.23. The third-order valence-electron chi connectivity index (χ3n) is 4.02. The van der Waals surface area contributed by atoms with Gasteiger partial charge in [0.05, 0.1) is 6.04 Å². The summed E-state index contributed by atoms with van der Waals surface area (Å²) in [5.41, 5.74) is 0.354. The minimum atomic E-state index is -0.579. The van der Waals surface area contributed by atoms with Crippen LogP contribution < -0.4 is 10.6 Å². The zero-order valence-electron chi connectivity index (χ0n) is 16.2. The molecule has 1 atom stereocenters. The highest BCUT2D eigenvalue weighted by atomic mass is 32.1. The van der Waals surface area contributed by atoms with E-state index in [0.717, 1.165) is 23.3 Å². The van der Waals surface area contributed by atoms with E-state index in [9.17, 15) is 9.59 Å². The fraction of sp³-hybridized carbons (Fsp3) is 0.450. The van der Waals surface area contributed by atoms with Crippen LogP contribution in [-0.4, -0.2) is 22.8 Å². The Labute approximate surface area is 168 Å². The SMILES string of the molecule is CC(C)(C)OC(=O)Nc1ncc(C(NC(=O)OCc2ccccc2)C2CC2)s1. The van der Waals surface area contributed by atoms with Crippen LogP contribution in [0, 0.1) is 5.92 Å². The Hall–Kier alpha value is -2.61. The number of rotatable bonds is 6. The van der Waals surface area contributed by atoms with Crippen LogP contribution in [0.2, 0.25) is 0 Å². The van der Waals surface area contributed by atoms with Crippen LogP contribution in [0.25, 0.3) is 0 Å². The Bertz CT molecular complexity index is 812. The summed E-state index contributed by atoms with van der Waals surface area (Å²) in [5.74, 6) is 0.360. The maximum Gasteiger partial charge on any atom is 0.413 e. The molecule has 1 aliphatic rings. The average molecular weight is 404 g/mol. The lowest BCUT2D eigenvalue weighted by Crippen LogP contribution is -2.29. The molecule has 1 heterocycles. The van der Waals surface area contributed by atoms with Gasteiger partial charge in [-0.05, 0) is 45.1 Å². The number of hydrogen-bond donors (Lipinski definition) is 2. The first kappa shape index (κ1) is 20.1. The summed E-state index contributed by atoms with van der Waals surface area (Å²) in [6.07, 6.45) is 2.74. The van der Waals surface area contributed by atoms with E-state index in [4.69, 9.17) is 9.47 Å². The molecule has 2 amide bonds. The molecular weight excluding hydrogens is 378 g/mol. The van der Waals surface area contributed by atoms with E-state index < -0.39 is 17.8 Å². The molecule has 1 saturated carbocycles. The van der Waals surface area contributed by atoms with Crippen LogP contribution in [0.15, 0.2) is 36.5 Å². The number of alkyl carbamates (subject to hydrolysis) is 1. The number of aromatic nitrogens is 1. The second kappa shape index (κ2) is 8.60. The van der Waals surface area contributed by atoms with Crippen LogP contribution in [-0.2, 0) is 16.1 Å².